The molecule has 0 unspecified atom stereocenters. The summed E-state index contributed by atoms with van der Waals surface area (Å²) in [6.45, 7) is 8.19. The van der Waals surface area contributed by atoms with Crippen molar-refractivity contribution < 1.29 is 14.3 Å². The molecule has 0 bridgehead atoms. The maximum atomic E-state index is 12.2. The van der Waals surface area contributed by atoms with Crippen molar-refractivity contribution in [1.82, 2.24) is 4.90 Å². The number of carbonyl (C=O) groups is 2. The van der Waals surface area contributed by atoms with Gasteiger partial charge in [-0.15, -0.1) is 0 Å². The van der Waals surface area contributed by atoms with Gasteiger partial charge in [0.1, 0.15) is 5.75 Å². The lowest BCUT2D eigenvalue weighted by atomic mass is 10.1. The number of amides is 1. The van der Waals surface area contributed by atoms with Crippen LogP contribution in [-0.4, -0.2) is 30.4 Å². The molecule has 0 aliphatic rings. The molecular weight excluding hydrogens is 326 g/mol. The van der Waals surface area contributed by atoms with Gasteiger partial charge in [0.05, 0.1) is 0 Å². The van der Waals surface area contributed by atoms with Gasteiger partial charge >= 0.3 is 5.97 Å². The Morgan fingerprint density at radius 1 is 1.04 bits per heavy atom. The molecule has 0 aliphatic heterocycles. The molecule has 0 saturated heterocycles. The van der Waals surface area contributed by atoms with Crippen molar-refractivity contribution in [1.29, 1.82) is 0 Å². The van der Waals surface area contributed by atoms with E-state index in [1.165, 1.54) is 39.0 Å². The monoisotopic (exact) mass is 359 g/mol. The second kappa shape index (κ2) is 11.5. The fraction of sp³-hybridized carbons (Fsp3) is 0.545. The van der Waals surface area contributed by atoms with Crippen LogP contribution in [0.25, 0.3) is 6.08 Å². The summed E-state index contributed by atoms with van der Waals surface area (Å²) >= 11 is 0. The minimum absolute atomic E-state index is 0.0120. The van der Waals surface area contributed by atoms with Gasteiger partial charge in [-0.05, 0) is 55.2 Å². The Bertz CT molecular complexity index is 611. The molecule has 4 nitrogen and oxygen atoms in total. The Morgan fingerprint density at radius 2 is 1.62 bits per heavy atom. The van der Waals surface area contributed by atoms with Crippen LogP contribution >= 0.6 is 0 Å². The van der Waals surface area contributed by atoms with Gasteiger partial charge in [0, 0.05) is 26.6 Å². The zero-order valence-electron chi connectivity index (χ0n) is 16.9. The summed E-state index contributed by atoms with van der Waals surface area (Å²) in [5.41, 5.74) is 2.69. The molecule has 1 aromatic rings. The van der Waals surface area contributed by atoms with Gasteiger partial charge in [0.2, 0.25) is 5.91 Å². The molecule has 1 rings (SSSR count). The van der Waals surface area contributed by atoms with Gasteiger partial charge in [-0.2, -0.15) is 0 Å². The van der Waals surface area contributed by atoms with E-state index in [9.17, 15) is 9.59 Å². The van der Waals surface area contributed by atoms with E-state index in [0.29, 0.717) is 5.75 Å². The second-order valence-corrected chi connectivity index (χ2v) is 6.94. The van der Waals surface area contributed by atoms with Crippen LogP contribution < -0.4 is 4.74 Å². The summed E-state index contributed by atoms with van der Waals surface area (Å²) in [6.07, 6.45) is 10.7. The summed E-state index contributed by atoms with van der Waals surface area (Å²) in [7, 11) is 1.85. The minimum Gasteiger partial charge on any atom is -0.426 e. The molecule has 0 saturated carbocycles. The first-order valence-corrected chi connectivity index (χ1v) is 9.58. The summed E-state index contributed by atoms with van der Waals surface area (Å²) in [4.78, 5) is 25.2. The maximum absolute atomic E-state index is 12.2. The minimum atomic E-state index is -0.328. The van der Waals surface area contributed by atoms with Crippen LogP contribution in [0.15, 0.2) is 18.2 Å². The Hall–Kier alpha value is -2.10. The van der Waals surface area contributed by atoms with Crippen molar-refractivity contribution in [3.63, 3.8) is 0 Å². The molecule has 0 atom stereocenters. The van der Waals surface area contributed by atoms with E-state index >= 15 is 0 Å². The van der Waals surface area contributed by atoms with E-state index < -0.39 is 0 Å². The third kappa shape index (κ3) is 7.85. The number of rotatable bonds is 10. The van der Waals surface area contributed by atoms with Gasteiger partial charge < -0.3 is 9.64 Å². The van der Waals surface area contributed by atoms with Gasteiger partial charge in [-0.1, -0.05) is 39.0 Å². The molecule has 0 heterocycles. The van der Waals surface area contributed by atoms with Crippen molar-refractivity contribution in [2.45, 2.75) is 66.2 Å². The molecule has 0 radical (unpaired) electrons. The Kier molecular flexibility index (Phi) is 9.71. The molecule has 26 heavy (non-hydrogen) atoms. The summed E-state index contributed by atoms with van der Waals surface area (Å²) in [6, 6.07) is 3.84. The van der Waals surface area contributed by atoms with Crippen LogP contribution in [0, 0.1) is 13.8 Å². The average molecular weight is 360 g/mol. The van der Waals surface area contributed by atoms with Crippen LogP contribution in [0.5, 0.6) is 5.75 Å². The maximum Gasteiger partial charge on any atom is 0.308 e. The number of aryl methyl sites for hydroxylation is 2. The number of esters is 1. The summed E-state index contributed by atoms with van der Waals surface area (Å²) in [5.74, 6) is 0.282. The van der Waals surface area contributed by atoms with Crippen LogP contribution in [0.2, 0.25) is 0 Å². The SMILES string of the molecule is CCCCCCCCN(C)C(=O)/C=C/c1cc(C)c(OC(C)=O)c(C)c1. The Morgan fingerprint density at radius 3 is 2.19 bits per heavy atom. The Labute approximate surface area is 158 Å². The predicted octanol–water partition coefficient (Wildman–Crippen LogP) is 5.06. The summed E-state index contributed by atoms with van der Waals surface area (Å²) in [5, 5.41) is 0. The molecule has 4 heteroatoms. The predicted molar refractivity (Wildman–Crippen MR) is 107 cm³/mol. The summed E-state index contributed by atoms with van der Waals surface area (Å²) < 4.78 is 5.24. The third-order valence-corrected chi connectivity index (χ3v) is 4.37. The van der Waals surface area contributed by atoms with E-state index in [2.05, 4.69) is 6.92 Å². The van der Waals surface area contributed by atoms with Gasteiger partial charge in [0.15, 0.2) is 0 Å². The van der Waals surface area contributed by atoms with Crippen LogP contribution in [0.1, 0.15) is 69.1 Å². The zero-order valence-corrected chi connectivity index (χ0v) is 16.9. The number of hydrogen-bond donors (Lipinski definition) is 0. The first-order chi connectivity index (χ1) is 12.3. The smallest absolute Gasteiger partial charge is 0.308 e. The number of carbonyl (C=O) groups excluding carboxylic acids is 2. The molecule has 0 aliphatic carbocycles. The fourth-order valence-electron chi connectivity index (χ4n) is 2.92. The highest BCUT2D eigenvalue weighted by Gasteiger charge is 2.09. The highest BCUT2D eigenvalue weighted by Crippen LogP contribution is 2.25. The topological polar surface area (TPSA) is 46.6 Å². The fourth-order valence-corrected chi connectivity index (χ4v) is 2.92. The van der Waals surface area contributed by atoms with Crippen molar-refractivity contribution in [3.05, 3.63) is 34.9 Å². The second-order valence-electron chi connectivity index (χ2n) is 6.94. The van der Waals surface area contributed by atoms with E-state index in [4.69, 9.17) is 4.74 Å². The van der Waals surface area contributed by atoms with E-state index in [1.54, 1.807) is 11.0 Å². The van der Waals surface area contributed by atoms with Gasteiger partial charge in [-0.3, -0.25) is 9.59 Å². The van der Waals surface area contributed by atoms with Gasteiger partial charge in [-0.25, -0.2) is 0 Å². The number of unbranched alkanes of at least 4 members (excludes halogenated alkanes) is 5. The first-order valence-electron chi connectivity index (χ1n) is 9.58. The largest absolute Gasteiger partial charge is 0.426 e. The number of nitrogens with zero attached hydrogens (tertiary/aromatic N) is 1. The zero-order chi connectivity index (χ0) is 19.5. The highest BCUT2D eigenvalue weighted by atomic mass is 16.5. The molecule has 0 aromatic heterocycles. The molecular formula is C22H33NO3. The third-order valence-electron chi connectivity index (χ3n) is 4.37. The van der Waals surface area contributed by atoms with Gasteiger partial charge in [0.25, 0.3) is 0 Å². The van der Waals surface area contributed by atoms with Crippen LogP contribution in [0.4, 0.5) is 0 Å². The molecule has 0 spiro atoms. The number of ether oxygens (including phenoxy) is 1. The lowest BCUT2D eigenvalue weighted by Crippen LogP contribution is -2.25. The standard InChI is InChI=1S/C22H33NO3/c1-6-7-8-9-10-11-14-23(5)21(25)13-12-20-15-17(2)22(18(3)16-20)26-19(4)24/h12-13,15-16H,6-11,14H2,1-5H3/b13-12+. The van der Waals surface area contributed by atoms with Crippen LogP contribution in [-0.2, 0) is 9.59 Å². The van der Waals surface area contributed by atoms with E-state index in [-0.39, 0.29) is 11.9 Å². The lowest BCUT2D eigenvalue weighted by Gasteiger charge is -2.15. The number of hydrogen-bond acceptors (Lipinski definition) is 3. The van der Waals surface area contributed by atoms with E-state index in [1.807, 2.05) is 39.1 Å². The Balaban J connectivity index is 2.55. The lowest BCUT2D eigenvalue weighted by molar-refractivity contribution is -0.132. The van der Waals surface area contributed by atoms with Crippen molar-refractivity contribution in [2.24, 2.45) is 0 Å². The highest BCUT2D eigenvalue weighted by molar-refractivity contribution is 5.91. The molecule has 1 aromatic carbocycles. The first kappa shape index (κ1) is 21.9. The van der Waals surface area contributed by atoms with Crippen molar-refractivity contribution in [2.75, 3.05) is 13.6 Å². The normalized spacial score (nSPS) is 11.0. The molecule has 0 N–H and O–H groups in total. The van der Waals surface area contributed by atoms with Crippen molar-refractivity contribution in [3.8, 4) is 5.75 Å². The average Bonchev–Trinajstić information content (AvgIpc) is 2.58. The number of benzene rings is 1. The molecule has 0 fully saturated rings. The van der Waals surface area contributed by atoms with E-state index in [0.717, 1.165) is 29.7 Å². The molecule has 144 valence electrons. The quantitative estimate of drug-likeness (QED) is 0.254. The molecule has 1 amide bonds. The van der Waals surface area contributed by atoms with Crippen molar-refractivity contribution >= 4 is 18.0 Å². The number of likely N-dealkylation sites (N-methyl/N-ethyl adjacent to an activating group) is 1. The van der Waals surface area contributed by atoms with Crippen LogP contribution in [0.3, 0.4) is 0 Å².